The molecule has 1 aromatic heterocycles. The van der Waals surface area contributed by atoms with E-state index in [1.807, 2.05) is 25.1 Å². The third-order valence-corrected chi connectivity index (χ3v) is 3.44. The van der Waals surface area contributed by atoms with Crippen LogP contribution in [0.1, 0.15) is 11.4 Å². The van der Waals surface area contributed by atoms with Gasteiger partial charge in [0.1, 0.15) is 5.82 Å². The van der Waals surface area contributed by atoms with Crippen LogP contribution in [-0.4, -0.2) is 34.3 Å². The minimum absolute atomic E-state index is 0.328. The monoisotopic (exact) mass is 258 g/mol. The lowest BCUT2D eigenvalue weighted by molar-refractivity contribution is -0.131. The third-order valence-electron chi connectivity index (χ3n) is 3.44. The van der Waals surface area contributed by atoms with Gasteiger partial charge in [-0.1, -0.05) is 12.1 Å². The van der Waals surface area contributed by atoms with Gasteiger partial charge in [-0.2, -0.15) is 0 Å². The number of benzene rings is 1. The largest absolute Gasteiger partial charge is 0.478 e. The topological polar surface area (TPSA) is 75.2 Å². The SMILES string of the molecule is Cc1nc2ccc(C3(/C=C/C(=O)O)COC3)cc2[nH]1. The Morgan fingerprint density at radius 2 is 2.32 bits per heavy atom. The van der Waals surface area contributed by atoms with Gasteiger partial charge in [0.25, 0.3) is 0 Å². The van der Waals surface area contributed by atoms with Crippen molar-refractivity contribution in [3.8, 4) is 0 Å². The number of nitrogens with one attached hydrogen (secondary N) is 1. The van der Waals surface area contributed by atoms with Crippen molar-refractivity contribution in [3.63, 3.8) is 0 Å². The number of carbonyl (C=O) groups is 1. The van der Waals surface area contributed by atoms with Gasteiger partial charge < -0.3 is 14.8 Å². The van der Waals surface area contributed by atoms with Crippen LogP contribution in [-0.2, 0) is 14.9 Å². The number of carboxylic acids is 1. The van der Waals surface area contributed by atoms with Gasteiger partial charge in [-0.15, -0.1) is 0 Å². The van der Waals surface area contributed by atoms with E-state index >= 15 is 0 Å². The van der Waals surface area contributed by atoms with Gasteiger partial charge in [0.2, 0.25) is 0 Å². The maximum absolute atomic E-state index is 10.7. The Balaban J connectivity index is 2.03. The first-order valence-electron chi connectivity index (χ1n) is 6.06. The van der Waals surface area contributed by atoms with E-state index in [2.05, 4.69) is 9.97 Å². The van der Waals surface area contributed by atoms with Crippen LogP contribution in [0.15, 0.2) is 30.4 Å². The lowest BCUT2D eigenvalue weighted by atomic mass is 9.78. The summed E-state index contributed by atoms with van der Waals surface area (Å²) >= 11 is 0. The van der Waals surface area contributed by atoms with E-state index in [-0.39, 0.29) is 5.41 Å². The van der Waals surface area contributed by atoms with Gasteiger partial charge in [0.05, 0.1) is 29.7 Å². The molecule has 0 unspecified atom stereocenters. The molecule has 1 saturated heterocycles. The summed E-state index contributed by atoms with van der Waals surface area (Å²) in [7, 11) is 0. The summed E-state index contributed by atoms with van der Waals surface area (Å²) in [5, 5.41) is 8.77. The normalized spacial score (nSPS) is 17.7. The summed E-state index contributed by atoms with van der Waals surface area (Å²) in [5.41, 5.74) is 2.60. The molecule has 0 amide bonds. The molecule has 2 heterocycles. The fourth-order valence-electron chi connectivity index (χ4n) is 2.36. The number of H-pyrrole nitrogens is 1. The number of carboxylic acid groups (broad SMARTS) is 1. The summed E-state index contributed by atoms with van der Waals surface area (Å²) < 4.78 is 5.27. The van der Waals surface area contributed by atoms with E-state index in [0.717, 1.165) is 22.4 Å². The molecular formula is C14H14N2O3. The highest BCUT2D eigenvalue weighted by Gasteiger charge is 2.38. The summed E-state index contributed by atoms with van der Waals surface area (Å²) in [5.74, 6) is -0.0723. The number of aliphatic carboxylic acids is 1. The highest BCUT2D eigenvalue weighted by atomic mass is 16.5. The Hall–Kier alpha value is -2.14. The molecule has 3 rings (SSSR count). The second kappa shape index (κ2) is 4.20. The van der Waals surface area contributed by atoms with Crippen molar-refractivity contribution in [1.82, 2.24) is 9.97 Å². The number of nitrogens with zero attached hydrogens (tertiary/aromatic N) is 1. The van der Waals surface area contributed by atoms with Crippen LogP contribution in [0.25, 0.3) is 11.0 Å². The maximum atomic E-state index is 10.7. The zero-order valence-corrected chi connectivity index (χ0v) is 10.5. The summed E-state index contributed by atoms with van der Waals surface area (Å²) in [6.45, 7) is 2.93. The molecule has 1 aromatic carbocycles. The number of aryl methyl sites for hydroxylation is 1. The van der Waals surface area contributed by atoms with E-state index in [4.69, 9.17) is 9.84 Å². The molecule has 0 atom stereocenters. The van der Waals surface area contributed by atoms with Gasteiger partial charge in [0, 0.05) is 6.08 Å². The zero-order valence-electron chi connectivity index (χ0n) is 10.5. The fraction of sp³-hybridized carbons (Fsp3) is 0.286. The average molecular weight is 258 g/mol. The molecule has 2 aromatic rings. The summed E-state index contributed by atoms with van der Waals surface area (Å²) in [4.78, 5) is 18.2. The molecule has 0 aliphatic carbocycles. The molecule has 19 heavy (non-hydrogen) atoms. The second-order valence-corrected chi connectivity index (χ2v) is 4.87. The quantitative estimate of drug-likeness (QED) is 0.823. The van der Waals surface area contributed by atoms with Gasteiger partial charge in [-0.3, -0.25) is 0 Å². The molecule has 98 valence electrons. The predicted molar refractivity (Wildman–Crippen MR) is 70.1 cm³/mol. The van der Waals surface area contributed by atoms with Crippen LogP contribution in [0.4, 0.5) is 0 Å². The molecule has 1 fully saturated rings. The number of aromatic amines is 1. The Kier molecular flexibility index (Phi) is 2.64. The van der Waals surface area contributed by atoms with Gasteiger partial charge in [-0.05, 0) is 24.6 Å². The van der Waals surface area contributed by atoms with Crippen LogP contribution in [0, 0.1) is 6.92 Å². The first kappa shape index (κ1) is 11.9. The lowest BCUT2D eigenvalue weighted by Crippen LogP contribution is -2.45. The van der Waals surface area contributed by atoms with E-state index < -0.39 is 5.97 Å². The van der Waals surface area contributed by atoms with E-state index in [1.54, 1.807) is 6.08 Å². The second-order valence-electron chi connectivity index (χ2n) is 4.87. The minimum Gasteiger partial charge on any atom is -0.478 e. The number of imidazole rings is 1. The number of hydrogen-bond donors (Lipinski definition) is 2. The Morgan fingerprint density at radius 1 is 1.53 bits per heavy atom. The van der Waals surface area contributed by atoms with Crippen molar-refractivity contribution in [2.45, 2.75) is 12.3 Å². The minimum atomic E-state index is -0.940. The highest BCUT2D eigenvalue weighted by Crippen LogP contribution is 2.35. The Labute approximate surface area is 109 Å². The number of aromatic nitrogens is 2. The third kappa shape index (κ3) is 2.02. The van der Waals surface area contributed by atoms with Gasteiger partial charge >= 0.3 is 5.97 Å². The summed E-state index contributed by atoms with van der Waals surface area (Å²) in [6.07, 6.45) is 2.90. The molecule has 1 aliphatic rings. The Morgan fingerprint density at radius 3 is 2.95 bits per heavy atom. The smallest absolute Gasteiger partial charge is 0.328 e. The van der Waals surface area contributed by atoms with Crippen LogP contribution in [0.5, 0.6) is 0 Å². The molecular weight excluding hydrogens is 244 g/mol. The zero-order chi connectivity index (χ0) is 13.5. The van der Waals surface area contributed by atoms with Crippen molar-refractivity contribution in [2.75, 3.05) is 13.2 Å². The van der Waals surface area contributed by atoms with Crippen molar-refractivity contribution in [2.24, 2.45) is 0 Å². The molecule has 0 saturated carbocycles. The highest BCUT2D eigenvalue weighted by molar-refractivity contribution is 5.80. The van der Waals surface area contributed by atoms with E-state index in [9.17, 15) is 4.79 Å². The number of ether oxygens (including phenoxy) is 1. The molecule has 0 spiro atoms. The number of fused-ring (bicyclic) bond motifs is 1. The lowest BCUT2D eigenvalue weighted by Gasteiger charge is -2.39. The van der Waals surface area contributed by atoms with Crippen molar-refractivity contribution < 1.29 is 14.6 Å². The standard InChI is InChI=1S/C14H14N2O3/c1-9-15-11-3-2-10(6-12(11)16-9)14(7-19-8-14)5-4-13(17)18/h2-6H,7-8H2,1H3,(H,15,16)(H,17,18)/b5-4+. The average Bonchev–Trinajstić information content (AvgIpc) is 2.66. The number of rotatable bonds is 3. The molecule has 0 radical (unpaired) electrons. The summed E-state index contributed by atoms with van der Waals surface area (Å²) in [6, 6.07) is 5.95. The van der Waals surface area contributed by atoms with Crippen LogP contribution in [0.3, 0.4) is 0 Å². The predicted octanol–water partition coefficient (Wildman–Crippen LogP) is 1.78. The van der Waals surface area contributed by atoms with Crippen LogP contribution in [0.2, 0.25) is 0 Å². The van der Waals surface area contributed by atoms with Crippen LogP contribution < -0.4 is 0 Å². The first-order chi connectivity index (χ1) is 9.09. The van der Waals surface area contributed by atoms with Crippen molar-refractivity contribution in [3.05, 3.63) is 41.7 Å². The van der Waals surface area contributed by atoms with Gasteiger partial charge in [0.15, 0.2) is 0 Å². The fourth-order valence-corrected chi connectivity index (χ4v) is 2.36. The molecule has 1 aliphatic heterocycles. The van der Waals surface area contributed by atoms with Gasteiger partial charge in [-0.25, -0.2) is 9.78 Å². The first-order valence-corrected chi connectivity index (χ1v) is 6.06. The number of hydrogen-bond acceptors (Lipinski definition) is 3. The molecule has 2 N–H and O–H groups in total. The Bertz CT molecular complexity index is 668. The van der Waals surface area contributed by atoms with Crippen molar-refractivity contribution in [1.29, 1.82) is 0 Å². The molecule has 0 bridgehead atoms. The van der Waals surface area contributed by atoms with E-state index in [1.165, 1.54) is 6.08 Å². The van der Waals surface area contributed by atoms with Crippen LogP contribution >= 0.6 is 0 Å². The molecule has 5 nitrogen and oxygen atoms in total. The van der Waals surface area contributed by atoms with Crippen molar-refractivity contribution >= 4 is 17.0 Å². The molecule has 5 heteroatoms. The van der Waals surface area contributed by atoms with E-state index in [0.29, 0.717) is 13.2 Å². The maximum Gasteiger partial charge on any atom is 0.328 e.